The molecule has 0 aliphatic carbocycles. The highest BCUT2D eigenvalue weighted by molar-refractivity contribution is 7.81. The van der Waals surface area contributed by atoms with Crippen molar-refractivity contribution in [3.8, 4) is 5.75 Å². The average Bonchev–Trinajstić information content (AvgIpc) is 2.06. The van der Waals surface area contributed by atoms with Crippen LogP contribution >= 0.6 is 18.2 Å². The molecule has 0 unspecified atom stereocenters. The Morgan fingerprint density at radius 1 is 1.33 bits per heavy atom. The van der Waals surface area contributed by atoms with Crippen LogP contribution in [-0.4, -0.2) is 7.11 Å². The van der Waals surface area contributed by atoms with E-state index in [2.05, 4.69) is 4.52 Å². The van der Waals surface area contributed by atoms with E-state index in [-0.39, 0.29) is 0 Å². The van der Waals surface area contributed by atoms with Gasteiger partial charge in [0.15, 0.2) is 0 Å². The summed E-state index contributed by atoms with van der Waals surface area (Å²) in [6.07, 6.45) is 0. The maximum atomic E-state index is 11.1. The highest BCUT2D eigenvalue weighted by Crippen LogP contribution is 2.52. The SMILES string of the molecule is CO[P@@](=O)(Cl)Oc1ccccc1. The first-order valence-corrected chi connectivity index (χ1v) is 5.69. The van der Waals surface area contributed by atoms with Crippen LogP contribution in [0.2, 0.25) is 0 Å². The lowest BCUT2D eigenvalue weighted by molar-refractivity contribution is 0.340. The summed E-state index contributed by atoms with van der Waals surface area (Å²) in [5.74, 6) is 0.428. The zero-order chi connectivity index (χ0) is 9.03. The highest BCUT2D eigenvalue weighted by Gasteiger charge is 2.19. The number of para-hydroxylation sites is 1. The first kappa shape index (κ1) is 9.59. The summed E-state index contributed by atoms with van der Waals surface area (Å²) < 4.78 is 20.4. The fraction of sp³-hybridized carbons (Fsp3) is 0.143. The summed E-state index contributed by atoms with van der Waals surface area (Å²) in [5, 5.41) is 0. The van der Waals surface area contributed by atoms with E-state index in [1.54, 1.807) is 24.3 Å². The van der Waals surface area contributed by atoms with Gasteiger partial charge in [-0.2, -0.15) is 0 Å². The van der Waals surface area contributed by atoms with Crippen molar-refractivity contribution in [1.82, 2.24) is 0 Å². The Morgan fingerprint density at radius 2 is 1.92 bits per heavy atom. The van der Waals surface area contributed by atoms with Gasteiger partial charge in [0.25, 0.3) is 0 Å². The van der Waals surface area contributed by atoms with Gasteiger partial charge in [0.05, 0.1) is 0 Å². The molecule has 66 valence electrons. The van der Waals surface area contributed by atoms with Crippen LogP contribution in [-0.2, 0) is 9.09 Å². The van der Waals surface area contributed by atoms with Crippen LogP contribution in [0, 0.1) is 0 Å². The largest absolute Gasteiger partial charge is 0.476 e. The summed E-state index contributed by atoms with van der Waals surface area (Å²) in [6, 6.07) is 8.62. The first-order valence-electron chi connectivity index (χ1n) is 3.24. The second kappa shape index (κ2) is 3.94. The Bertz CT molecular complexity index is 288. The van der Waals surface area contributed by atoms with Gasteiger partial charge in [0.1, 0.15) is 5.75 Å². The molecule has 1 aromatic carbocycles. The zero-order valence-electron chi connectivity index (χ0n) is 6.44. The van der Waals surface area contributed by atoms with Gasteiger partial charge < -0.3 is 4.52 Å². The van der Waals surface area contributed by atoms with Gasteiger partial charge in [-0.3, -0.25) is 4.52 Å². The monoisotopic (exact) mass is 206 g/mol. The van der Waals surface area contributed by atoms with Gasteiger partial charge in [0, 0.05) is 18.4 Å². The Morgan fingerprint density at radius 3 is 2.42 bits per heavy atom. The third-order valence-electron chi connectivity index (χ3n) is 1.18. The van der Waals surface area contributed by atoms with E-state index < -0.39 is 6.95 Å². The maximum Gasteiger partial charge on any atom is 0.476 e. The fourth-order valence-corrected chi connectivity index (χ4v) is 1.33. The Labute approximate surface area is 75.6 Å². The molecule has 0 bridgehead atoms. The van der Waals surface area contributed by atoms with Crippen LogP contribution in [0.1, 0.15) is 0 Å². The van der Waals surface area contributed by atoms with Gasteiger partial charge in [-0.05, 0) is 12.1 Å². The normalized spacial score (nSPS) is 15.2. The van der Waals surface area contributed by atoms with Gasteiger partial charge in [-0.1, -0.05) is 18.2 Å². The molecule has 0 spiro atoms. The molecule has 0 radical (unpaired) electrons. The number of hydrogen-bond acceptors (Lipinski definition) is 3. The molecular weight excluding hydrogens is 199 g/mol. The Balaban J connectivity index is 2.71. The van der Waals surface area contributed by atoms with Crippen molar-refractivity contribution in [1.29, 1.82) is 0 Å². The van der Waals surface area contributed by atoms with Gasteiger partial charge in [-0.25, -0.2) is 4.57 Å². The van der Waals surface area contributed by atoms with Crippen molar-refractivity contribution in [3.05, 3.63) is 30.3 Å². The molecule has 3 nitrogen and oxygen atoms in total. The molecule has 0 aliphatic rings. The zero-order valence-corrected chi connectivity index (χ0v) is 8.09. The summed E-state index contributed by atoms with van der Waals surface area (Å²) in [5.41, 5.74) is 0. The smallest absolute Gasteiger partial charge is 0.413 e. The second-order valence-corrected chi connectivity index (χ2v) is 4.67. The summed E-state index contributed by atoms with van der Waals surface area (Å²) >= 11 is 5.37. The molecule has 0 amide bonds. The molecule has 0 N–H and O–H groups in total. The Kier molecular flexibility index (Phi) is 3.15. The lowest BCUT2D eigenvalue weighted by Crippen LogP contribution is -1.87. The van der Waals surface area contributed by atoms with Gasteiger partial charge in [-0.15, -0.1) is 0 Å². The summed E-state index contributed by atoms with van der Waals surface area (Å²) in [6.45, 7) is -3.42. The lowest BCUT2D eigenvalue weighted by Gasteiger charge is -2.08. The van der Waals surface area contributed by atoms with Crippen molar-refractivity contribution in [2.45, 2.75) is 0 Å². The van der Waals surface area contributed by atoms with E-state index in [0.717, 1.165) is 0 Å². The van der Waals surface area contributed by atoms with Crippen LogP contribution in [0.25, 0.3) is 0 Å². The molecule has 0 saturated carbocycles. The molecule has 0 fully saturated rings. The van der Waals surface area contributed by atoms with Crippen molar-refractivity contribution >= 4 is 18.2 Å². The quantitative estimate of drug-likeness (QED) is 0.713. The maximum absolute atomic E-state index is 11.1. The van der Waals surface area contributed by atoms with Crippen molar-refractivity contribution in [3.63, 3.8) is 0 Å². The van der Waals surface area contributed by atoms with E-state index >= 15 is 0 Å². The molecule has 5 heteroatoms. The standard InChI is InChI=1S/C7H8ClO3P/c1-10-12(8,9)11-7-5-3-2-4-6-7/h2-6H,1H3/t12-/m0/s1. The van der Waals surface area contributed by atoms with E-state index in [0.29, 0.717) is 5.75 Å². The van der Waals surface area contributed by atoms with Crippen LogP contribution in [0.3, 0.4) is 0 Å². The van der Waals surface area contributed by atoms with Crippen LogP contribution in [0.4, 0.5) is 0 Å². The molecule has 0 heterocycles. The lowest BCUT2D eigenvalue weighted by atomic mass is 10.3. The highest BCUT2D eigenvalue weighted by atomic mass is 35.7. The Hall–Kier alpha value is -0.500. The predicted molar refractivity (Wildman–Crippen MR) is 47.5 cm³/mol. The van der Waals surface area contributed by atoms with Crippen molar-refractivity contribution < 1.29 is 13.6 Å². The van der Waals surface area contributed by atoms with Gasteiger partial charge >= 0.3 is 6.95 Å². The van der Waals surface area contributed by atoms with Crippen molar-refractivity contribution in [2.75, 3.05) is 7.11 Å². The number of rotatable bonds is 3. The predicted octanol–water partition coefficient (Wildman–Crippen LogP) is 3.06. The fourth-order valence-electron chi connectivity index (χ4n) is 0.645. The molecule has 0 saturated heterocycles. The van der Waals surface area contributed by atoms with Gasteiger partial charge in [0.2, 0.25) is 0 Å². The molecule has 12 heavy (non-hydrogen) atoms. The second-order valence-electron chi connectivity index (χ2n) is 2.02. The van der Waals surface area contributed by atoms with Crippen molar-refractivity contribution in [2.24, 2.45) is 0 Å². The number of hydrogen-bond donors (Lipinski definition) is 0. The molecule has 1 aromatic rings. The van der Waals surface area contributed by atoms with E-state index in [4.69, 9.17) is 15.8 Å². The summed E-state index contributed by atoms with van der Waals surface area (Å²) in [4.78, 5) is 0. The number of benzene rings is 1. The third-order valence-corrected chi connectivity index (χ3v) is 2.66. The minimum Gasteiger partial charge on any atom is -0.413 e. The average molecular weight is 207 g/mol. The number of halogens is 1. The molecule has 1 rings (SSSR count). The molecule has 0 aliphatic heterocycles. The molecular formula is C7H8ClO3P. The van der Waals surface area contributed by atoms with E-state index in [1.165, 1.54) is 7.11 Å². The van der Waals surface area contributed by atoms with E-state index in [1.807, 2.05) is 6.07 Å². The summed E-state index contributed by atoms with van der Waals surface area (Å²) in [7, 11) is 1.23. The third kappa shape index (κ3) is 2.86. The molecule has 1 atom stereocenters. The minimum atomic E-state index is -3.42. The van der Waals surface area contributed by atoms with Crippen LogP contribution in [0.15, 0.2) is 30.3 Å². The first-order chi connectivity index (χ1) is 5.64. The van der Waals surface area contributed by atoms with Crippen LogP contribution < -0.4 is 4.52 Å². The van der Waals surface area contributed by atoms with Crippen LogP contribution in [0.5, 0.6) is 5.75 Å². The molecule has 0 aromatic heterocycles. The topological polar surface area (TPSA) is 35.5 Å². The minimum absolute atomic E-state index is 0.428. The van der Waals surface area contributed by atoms with E-state index in [9.17, 15) is 4.57 Å².